The number of nitrogens with one attached hydrogen (secondary N) is 2. The average molecular weight is 1150 g/mol. The molecule has 0 fully saturated rings. The van der Waals surface area contributed by atoms with E-state index < -0.39 is 78.2 Å². The summed E-state index contributed by atoms with van der Waals surface area (Å²) in [6.07, 6.45) is 2.76. The maximum absolute atomic E-state index is 14.3. The smallest absolute Gasteiger partial charge is 0.417 e. The lowest BCUT2D eigenvalue weighted by atomic mass is 9.94. The number of alkyl halides is 4. The number of oxazole rings is 2. The summed E-state index contributed by atoms with van der Waals surface area (Å²) in [5.41, 5.74) is 7.58. The number of para-hydroxylation sites is 2. The largest absolute Gasteiger partial charge is 0.460 e. The first-order chi connectivity index (χ1) is 38.0. The Morgan fingerprint density at radius 3 is 1.86 bits per heavy atom. The third-order valence-electron chi connectivity index (χ3n) is 10.9. The number of esters is 1. The number of aromatic amines is 2. The number of H-pyrrole nitrogens is 2. The summed E-state index contributed by atoms with van der Waals surface area (Å²) in [6, 6.07) is 22.0. The van der Waals surface area contributed by atoms with E-state index in [2.05, 4.69) is 45.4 Å². The number of aromatic nitrogens is 6. The minimum absolute atomic E-state index is 0. The van der Waals surface area contributed by atoms with E-state index in [-0.39, 0.29) is 82.8 Å². The van der Waals surface area contributed by atoms with Crippen molar-refractivity contribution in [2.75, 3.05) is 26.2 Å². The fourth-order valence-corrected chi connectivity index (χ4v) is 7.51. The fourth-order valence-electron chi connectivity index (χ4n) is 7.51. The zero-order valence-electron chi connectivity index (χ0n) is 42.4. The fraction of sp³-hybridized carbons (Fsp3) is 0.208. The van der Waals surface area contributed by atoms with Gasteiger partial charge in [-0.05, 0) is 91.9 Å². The van der Waals surface area contributed by atoms with Crippen LogP contribution in [0.4, 0.5) is 26.3 Å². The van der Waals surface area contributed by atoms with Crippen molar-refractivity contribution in [3.05, 3.63) is 176 Å². The van der Waals surface area contributed by atoms with Crippen molar-refractivity contribution in [1.82, 2.24) is 34.8 Å². The molecule has 0 aliphatic carbocycles. The van der Waals surface area contributed by atoms with Crippen LogP contribution >= 0.6 is 12.4 Å². The van der Waals surface area contributed by atoms with Crippen molar-refractivity contribution >= 4 is 70.0 Å². The van der Waals surface area contributed by atoms with Crippen LogP contribution in [0.1, 0.15) is 65.3 Å². The first-order valence-electron chi connectivity index (χ1n) is 23.5. The van der Waals surface area contributed by atoms with Gasteiger partial charge in [-0.25, -0.2) is 50.7 Å². The Morgan fingerprint density at radius 1 is 0.765 bits per heavy atom. The van der Waals surface area contributed by atoms with Crippen LogP contribution in [-0.4, -0.2) is 108 Å². The van der Waals surface area contributed by atoms with Gasteiger partial charge in [-0.3, -0.25) is 34.1 Å². The number of aldehydes is 1. The molecule has 0 radical (unpaired) electrons. The third-order valence-corrected chi connectivity index (χ3v) is 10.9. The van der Waals surface area contributed by atoms with Crippen LogP contribution in [0.25, 0.3) is 22.2 Å². The zero-order chi connectivity index (χ0) is 57.9. The molecular weight excluding hydrogens is 1100 g/mol. The summed E-state index contributed by atoms with van der Waals surface area (Å²) in [6.45, 7) is 1.68. The second kappa shape index (κ2) is 26.3. The summed E-state index contributed by atoms with van der Waals surface area (Å²) >= 11 is 0. The van der Waals surface area contributed by atoms with E-state index in [1.54, 1.807) is 31.2 Å². The Hall–Kier alpha value is -9.63. The maximum atomic E-state index is 14.3. The normalized spacial score (nSPS) is 13.6. The quantitative estimate of drug-likeness (QED) is 0.0217. The van der Waals surface area contributed by atoms with Crippen molar-refractivity contribution in [2.45, 2.75) is 45.1 Å². The average Bonchev–Trinajstić information content (AvgIpc) is 4.26. The number of halogens is 7. The molecule has 4 aromatic heterocycles. The Labute approximate surface area is 458 Å². The summed E-state index contributed by atoms with van der Waals surface area (Å²) in [5, 5.41) is 0. The molecule has 0 saturated carbocycles. The number of ketones is 2. The number of amides is 1. The number of nitrogens with two attached hydrogens (primary N) is 1. The van der Waals surface area contributed by atoms with E-state index in [0.29, 0.717) is 39.9 Å². The number of nitrogens with zero attached hydrogens (tertiary/aromatic N) is 6. The molecule has 0 spiro atoms. The Morgan fingerprint density at radius 2 is 1.31 bits per heavy atom. The van der Waals surface area contributed by atoms with E-state index in [9.17, 15) is 59.9 Å². The van der Waals surface area contributed by atoms with Crippen molar-refractivity contribution in [3.8, 4) is 23.5 Å². The van der Waals surface area contributed by atoms with Gasteiger partial charge in [0.05, 0.1) is 60.7 Å². The molecule has 6 heterocycles. The lowest BCUT2D eigenvalue weighted by Crippen LogP contribution is -2.40. The first kappa shape index (κ1) is 60.6. The van der Waals surface area contributed by atoms with Gasteiger partial charge in [-0.15, -0.1) is 12.4 Å². The second-order valence-corrected chi connectivity index (χ2v) is 17.1. The number of ether oxygens (including phenoxy) is 3. The summed E-state index contributed by atoms with van der Waals surface area (Å²) in [7, 11) is 0. The lowest BCUT2D eigenvalue weighted by molar-refractivity contribution is -0.153. The van der Waals surface area contributed by atoms with Crippen LogP contribution in [0.3, 0.4) is 0 Å². The van der Waals surface area contributed by atoms with Gasteiger partial charge in [0, 0.05) is 43.0 Å². The van der Waals surface area contributed by atoms with Gasteiger partial charge < -0.3 is 33.7 Å². The molecule has 2 aliphatic rings. The number of hydrogen-bond donors (Lipinski definition) is 3. The zero-order valence-corrected chi connectivity index (χ0v) is 43.2. The highest BCUT2D eigenvalue weighted by molar-refractivity contribution is 6.38. The molecule has 10 rings (SSSR count). The molecule has 1 atom stereocenters. The molecule has 8 aromatic rings. The Bertz CT molecular complexity index is 3780. The number of carbonyl (C=O) groups excluding carboxylic acids is 5. The molecule has 4 aromatic carbocycles. The van der Waals surface area contributed by atoms with Crippen molar-refractivity contribution in [2.24, 2.45) is 10.7 Å². The highest BCUT2D eigenvalue weighted by atomic mass is 35.5. The molecule has 28 heteroatoms. The predicted molar refractivity (Wildman–Crippen MR) is 277 cm³/mol. The maximum Gasteiger partial charge on any atom is 0.417 e. The van der Waals surface area contributed by atoms with Crippen molar-refractivity contribution in [3.63, 3.8) is 0 Å². The van der Waals surface area contributed by atoms with Gasteiger partial charge >= 0.3 is 29.5 Å². The summed E-state index contributed by atoms with van der Waals surface area (Å²) in [5.74, 6) is -10.6. The molecule has 2 aliphatic heterocycles. The van der Waals surface area contributed by atoms with Gasteiger partial charge in [0.15, 0.2) is 23.2 Å². The van der Waals surface area contributed by atoms with Gasteiger partial charge in [-0.2, -0.15) is 9.97 Å². The highest BCUT2D eigenvalue weighted by Gasteiger charge is 2.48. The minimum atomic E-state index is -3.20. The topological polar surface area (TPSA) is 298 Å². The van der Waals surface area contributed by atoms with Crippen LogP contribution in [0.2, 0.25) is 0 Å². The minimum Gasteiger partial charge on any atom is -0.460 e. The SMILES string of the molecule is CC(F)(F)CN.CC(F)(F)CN1C(=O)C2=C(C(c3cccc4[nH]c(=O)oc34)=NC2)C1c1ccnc(Oc2ccc(F)cc2)n1.CCOC(=O)C(=O)CC(=O)c1cccc2[nH]c(=O)oc12.Cl.O=Cc1ccnc(Oc2ccc(F)cc2)n1. The number of Topliss-reactive ketones (excluding diaryl/α,β-unsaturated/α-hetero) is 2. The lowest BCUT2D eigenvalue weighted by Gasteiger charge is -2.29. The number of fused-ring (bicyclic) bond motifs is 2. The van der Waals surface area contributed by atoms with E-state index in [0.717, 1.165) is 18.7 Å². The standard InChI is InChI=1S/C26H18F3N5O4.C13H11NO6.C11H7FN2O2.C3H7F2N.ClH/c1-26(28,29)12-34-21(17-9-10-30-24(32-17)37-14-7-5-13(27)6-8-14)19-16(23(34)35)11-31-20(19)15-3-2-4-18-22(15)38-25(36)33-18;1-2-19-12(17)10(16)6-9(15)7-4-3-5-8-11(7)20-13(18)14-8;12-8-1-3-10(4-2-8)16-11-13-6-5-9(7-15)14-11;1-3(4,5)2-6;/h2-10,21H,11-12H2,1H3,(H,33,36);3-5H,2,6H2,1H3,(H,14,18);1-7H;2,6H2,1H3;1H. The first-order valence-corrected chi connectivity index (χ1v) is 23.5. The number of rotatable bonds is 15. The van der Waals surface area contributed by atoms with E-state index in [1.165, 1.54) is 85.2 Å². The van der Waals surface area contributed by atoms with Crippen LogP contribution in [0.15, 0.2) is 144 Å². The van der Waals surface area contributed by atoms with Gasteiger partial charge in [-0.1, -0.05) is 12.1 Å². The third kappa shape index (κ3) is 15.8. The Kier molecular flexibility index (Phi) is 19.7. The second-order valence-electron chi connectivity index (χ2n) is 17.1. The molecule has 0 bridgehead atoms. The highest BCUT2D eigenvalue weighted by Crippen LogP contribution is 2.44. The van der Waals surface area contributed by atoms with Crippen LogP contribution in [-0.2, 0) is 19.1 Å². The predicted octanol–water partition coefficient (Wildman–Crippen LogP) is 8.25. The molecule has 81 heavy (non-hydrogen) atoms. The van der Waals surface area contributed by atoms with Crippen LogP contribution in [0.5, 0.6) is 23.5 Å². The van der Waals surface area contributed by atoms with Gasteiger partial charge in [0.1, 0.15) is 34.9 Å². The molecule has 1 unspecified atom stereocenters. The number of benzene rings is 4. The monoisotopic (exact) mass is 1150 g/mol. The molecular formula is C53H44ClF6N9O12. The molecule has 21 nitrogen and oxygen atoms in total. The molecule has 4 N–H and O–H groups in total. The summed E-state index contributed by atoms with van der Waals surface area (Å²) < 4.78 is 103. The van der Waals surface area contributed by atoms with Crippen molar-refractivity contribution in [1.29, 1.82) is 0 Å². The molecule has 0 saturated heterocycles. The Balaban J connectivity index is 0.000000205. The molecule has 422 valence electrons. The van der Waals surface area contributed by atoms with Gasteiger partial charge in [0.2, 0.25) is 5.78 Å². The van der Waals surface area contributed by atoms with Crippen molar-refractivity contribution < 1.29 is 73.4 Å². The van der Waals surface area contributed by atoms with E-state index >= 15 is 0 Å². The number of aliphatic imine (C=N–C) groups is 1. The summed E-state index contributed by atoms with van der Waals surface area (Å²) in [4.78, 5) is 108. The van der Waals surface area contributed by atoms with Gasteiger partial charge in [0.25, 0.3) is 17.8 Å². The van der Waals surface area contributed by atoms with E-state index in [1.807, 2.05) is 0 Å². The number of carbonyl (C=O) groups is 5. The number of hydrogen-bond acceptors (Lipinski definition) is 18. The molecule has 1 amide bonds. The van der Waals surface area contributed by atoms with E-state index in [4.69, 9.17) is 18.3 Å². The van der Waals surface area contributed by atoms with Crippen LogP contribution < -0.4 is 26.7 Å². The van der Waals surface area contributed by atoms with Crippen LogP contribution in [0, 0.1) is 11.6 Å².